The van der Waals surface area contributed by atoms with E-state index < -0.39 is 60.2 Å². The van der Waals surface area contributed by atoms with Crippen LogP contribution in [-0.2, 0) is 36.8 Å². The number of nitrogens with two attached hydrogens (primary N) is 4. The minimum atomic E-state index is -1.52. The van der Waals surface area contributed by atoms with Crippen LogP contribution in [0, 0.1) is 0 Å². The fourth-order valence-corrected chi connectivity index (χ4v) is 4.69. The number of aliphatic imine (C=N–C) groups is 1. The van der Waals surface area contributed by atoms with Gasteiger partial charge in [0.25, 0.3) is 0 Å². The van der Waals surface area contributed by atoms with Crippen molar-refractivity contribution in [3.8, 4) is 0 Å². The second-order valence-electron chi connectivity index (χ2n) is 10.5. The number of aromatic nitrogens is 1. The van der Waals surface area contributed by atoms with Crippen LogP contribution in [0.1, 0.15) is 30.4 Å². The van der Waals surface area contributed by atoms with Gasteiger partial charge in [0.15, 0.2) is 5.96 Å². The molecule has 15 nitrogen and oxygen atoms in total. The Bertz CT molecular complexity index is 1520. The first-order chi connectivity index (χ1) is 21.4. The van der Waals surface area contributed by atoms with Crippen molar-refractivity contribution in [1.82, 2.24) is 20.9 Å². The summed E-state index contributed by atoms with van der Waals surface area (Å²) in [5, 5.41) is 18.0. The normalized spacial score (nSPS) is 13.5. The lowest BCUT2D eigenvalue weighted by Crippen LogP contribution is -2.58. The number of rotatable bonds is 17. The molecule has 1 aromatic heterocycles. The summed E-state index contributed by atoms with van der Waals surface area (Å²) in [5.74, 6) is -4.77. The highest BCUT2D eigenvalue weighted by Gasteiger charge is 2.31. The van der Waals surface area contributed by atoms with Gasteiger partial charge in [-0.2, -0.15) is 0 Å². The van der Waals surface area contributed by atoms with Gasteiger partial charge in [0.1, 0.15) is 18.1 Å². The van der Waals surface area contributed by atoms with Crippen molar-refractivity contribution >= 4 is 46.5 Å². The van der Waals surface area contributed by atoms with Gasteiger partial charge in [-0.15, -0.1) is 0 Å². The number of benzene rings is 2. The van der Waals surface area contributed by atoms with Crippen LogP contribution in [0.25, 0.3) is 10.9 Å². The summed E-state index contributed by atoms with van der Waals surface area (Å²) in [6.07, 6.45) is 1.57. The molecule has 45 heavy (non-hydrogen) atoms. The minimum Gasteiger partial charge on any atom is -0.480 e. The molecule has 3 rings (SSSR count). The molecule has 4 unspecified atom stereocenters. The van der Waals surface area contributed by atoms with Crippen LogP contribution in [0.4, 0.5) is 0 Å². The standard InChI is InChI=1S/C30H39N9O6/c31-20(14-18-16-36-21-10-5-4-9-19(18)21)26(41)37-22(11-6-12-35-30(33)34)27(42)38-23(15-25(32)40)28(43)39-24(29(44)45)13-17-7-2-1-3-8-17/h1-5,7-10,16,20,22-24,36H,6,11-15,31H2,(H2,32,40)(H,37,41)(H,38,42)(H,39,43)(H,44,45)(H4,33,34,35). The third-order valence-corrected chi connectivity index (χ3v) is 6.97. The second kappa shape index (κ2) is 16.4. The molecule has 0 spiro atoms. The molecule has 4 amide bonds. The maximum Gasteiger partial charge on any atom is 0.326 e. The van der Waals surface area contributed by atoms with E-state index in [9.17, 15) is 29.1 Å². The summed E-state index contributed by atoms with van der Waals surface area (Å²) in [7, 11) is 0. The number of amides is 4. The Morgan fingerprint density at radius 1 is 0.800 bits per heavy atom. The highest BCUT2D eigenvalue weighted by atomic mass is 16.4. The van der Waals surface area contributed by atoms with E-state index in [2.05, 4.69) is 25.9 Å². The molecule has 240 valence electrons. The van der Waals surface area contributed by atoms with E-state index in [4.69, 9.17) is 22.9 Å². The fourth-order valence-electron chi connectivity index (χ4n) is 4.69. The number of hydrogen-bond donors (Lipinski definition) is 9. The van der Waals surface area contributed by atoms with Crippen molar-refractivity contribution in [2.75, 3.05) is 6.54 Å². The van der Waals surface area contributed by atoms with Crippen LogP contribution in [0.15, 0.2) is 65.8 Å². The van der Waals surface area contributed by atoms with Gasteiger partial charge in [-0.1, -0.05) is 48.5 Å². The lowest BCUT2D eigenvalue weighted by atomic mass is 10.0. The van der Waals surface area contributed by atoms with E-state index in [1.165, 1.54) is 0 Å². The summed E-state index contributed by atoms with van der Waals surface area (Å²) in [4.78, 5) is 70.4. The monoisotopic (exact) mass is 621 g/mol. The third-order valence-electron chi connectivity index (χ3n) is 6.97. The Balaban J connectivity index is 1.73. The first kappa shape index (κ1) is 34.1. The number of H-pyrrole nitrogens is 1. The number of primary amides is 1. The summed E-state index contributed by atoms with van der Waals surface area (Å²) in [5.41, 5.74) is 24.6. The number of hydrogen-bond acceptors (Lipinski definition) is 7. The maximum absolute atomic E-state index is 13.4. The molecule has 0 fully saturated rings. The van der Waals surface area contributed by atoms with E-state index in [-0.39, 0.29) is 38.2 Å². The minimum absolute atomic E-state index is 0.0447. The summed E-state index contributed by atoms with van der Waals surface area (Å²) >= 11 is 0. The average molecular weight is 622 g/mol. The molecule has 0 aliphatic rings. The van der Waals surface area contributed by atoms with Gasteiger partial charge in [0, 0.05) is 30.1 Å². The molecule has 0 radical (unpaired) electrons. The molecule has 0 saturated heterocycles. The molecule has 0 bridgehead atoms. The topological polar surface area (TPSA) is 274 Å². The summed E-state index contributed by atoms with van der Waals surface area (Å²) in [6, 6.07) is 11.0. The van der Waals surface area contributed by atoms with Crippen molar-refractivity contribution < 1.29 is 29.1 Å². The smallest absolute Gasteiger partial charge is 0.326 e. The largest absolute Gasteiger partial charge is 0.480 e. The number of aromatic amines is 1. The van der Waals surface area contributed by atoms with Crippen molar-refractivity contribution in [3.63, 3.8) is 0 Å². The first-order valence-electron chi connectivity index (χ1n) is 14.3. The number of para-hydroxylation sites is 1. The van der Waals surface area contributed by atoms with Crippen LogP contribution >= 0.6 is 0 Å². The maximum atomic E-state index is 13.4. The molecule has 0 saturated carbocycles. The lowest BCUT2D eigenvalue weighted by molar-refractivity contribution is -0.142. The van der Waals surface area contributed by atoms with Gasteiger partial charge in [0.05, 0.1) is 12.5 Å². The van der Waals surface area contributed by atoms with E-state index in [0.29, 0.717) is 5.56 Å². The molecular formula is C30H39N9O6. The quantitative estimate of drug-likeness (QED) is 0.0494. The number of carboxylic acids is 1. The van der Waals surface area contributed by atoms with Gasteiger partial charge < -0.3 is 49.0 Å². The molecule has 0 aliphatic heterocycles. The molecule has 2 aromatic carbocycles. The summed E-state index contributed by atoms with van der Waals surface area (Å²) in [6.45, 7) is 0.147. The summed E-state index contributed by atoms with van der Waals surface area (Å²) < 4.78 is 0. The predicted molar refractivity (Wildman–Crippen MR) is 167 cm³/mol. The zero-order chi connectivity index (χ0) is 32.9. The van der Waals surface area contributed by atoms with Crippen LogP contribution in [0.2, 0.25) is 0 Å². The van der Waals surface area contributed by atoms with Crippen molar-refractivity contribution in [1.29, 1.82) is 0 Å². The Morgan fingerprint density at radius 3 is 2.09 bits per heavy atom. The number of carbonyl (C=O) groups excluding carboxylic acids is 4. The number of aliphatic carboxylic acids is 1. The number of nitrogens with zero attached hydrogens (tertiary/aromatic N) is 1. The number of carbonyl (C=O) groups is 5. The molecule has 13 N–H and O–H groups in total. The predicted octanol–water partition coefficient (Wildman–Crippen LogP) is -1.25. The number of guanidine groups is 1. The first-order valence-corrected chi connectivity index (χ1v) is 14.3. The van der Waals surface area contributed by atoms with E-state index in [0.717, 1.165) is 16.5 Å². The number of fused-ring (bicyclic) bond motifs is 1. The molecular weight excluding hydrogens is 582 g/mol. The molecule has 3 aromatic rings. The Labute approximate surface area is 259 Å². The highest BCUT2D eigenvalue weighted by Crippen LogP contribution is 2.19. The van der Waals surface area contributed by atoms with Crippen molar-refractivity contribution in [2.24, 2.45) is 27.9 Å². The van der Waals surface area contributed by atoms with Crippen LogP contribution < -0.4 is 38.9 Å². The zero-order valence-electron chi connectivity index (χ0n) is 24.6. The van der Waals surface area contributed by atoms with Crippen LogP contribution in [0.3, 0.4) is 0 Å². The van der Waals surface area contributed by atoms with E-state index in [1.807, 2.05) is 24.3 Å². The van der Waals surface area contributed by atoms with Crippen molar-refractivity contribution in [2.45, 2.75) is 56.3 Å². The number of carboxylic acid groups (broad SMARTS) is 1. The zero-order valence-corrected chi connectivity index (χ0v) is 24.6. The Kier molecular flexibility index (Phi) is 12.4. The Morgan fingerprint density at radius 2 is 1.42 bits per heavy atom. The molecule has 0 aliphatic carbocycles. The lowest BCUT2D eigenvalue weighted by Gasteiger charge is -2.25. The van der Waals surface area contributed by atoms with Gasteiger partial charge in [0.2, 0.25) is 23.6 Å². The fraction of sp³-hybridized carbons (Fsp3) is 0.333. The molecule has 15 heteroatoms. The second-order valence-corrected chi connectivity index (χ2v) is 10.5. The van der Waals surface area contributed by atoms with Crippen LogP contribution in [-0.4, -0.2) is 76.4 Å². The van der Waals surface area contributed by atoms with Gasteiger partial charge >= 0.3 is 5.97 Å². The van der Waals surface area contributed by atoms with Gasteiger partial charge in [-0.3, -0.25) is 24.2 Å². The van der Waals surface area contributed by atoms with E-state index >= 15 is 0 Å². The molecule has 4 atom stereocenters. The van der Waals surface area contributed by atoms with Gasteiger partial charge in [-0.25, -0.2) is 4.79 Å². The number of nitrogens with one attached hydrogen (secondary N) is 4. The highest BCUT2D eigenvalue weighted by molar-refractivity contribution is 5.96. The Hall–Kier alpha value is -5.44. The van der Waals surface area contributed by atoms with Crippen molar-refractivity contribution in [3.05, 3.63) is 71.9 Å². The third kappa shape index (κ3) is 10.7. The van der Waals surface area contributed by atoms with Crippen LogP contribution in [0.5, 0.6) is 0 Å². The average Bonchev–Trinajstić information content (AvgIpc) is 3.40. The SMILES string of the molecule is NC(=O)CC(NC(=O)C(CCCN=C(N)N)NC(=O)C(N)Cc1c[nH]c2ccccc12)C(=O)NC(Cc1ccccc1)C(=O)O. The molecule has 1 heterocycles. The van der Waals surface area contributed by atoms with Gasteiger partial charge in [-0.05, 0) is 36.5 Å². The van der Waals surface area contributed by atoms with E-state index in [1.54, 1.807) is 36.5 Å².